The van der Waals surface area contributed by atoms with Gasteiger partial charge in [0.05, 0.1) is 17.9 Å². The summed E-state index contributed by atoms with van der Waals surface area (Å²) in [5.74, 6) is -1.11. The topological polar surface area (TPSA) is 89.5 Å². The minimum atomic E-state index is -3.13. The molecule has 25 heavy (non-hydrogen) atoms. The van der Waals surface area contributed by atoms with Crippen LogP contribution in [0.25, 0.3) is 0 Å². The summed E-state index contributed by atoms with van der Waals surface area (Å²) in [6.45, 7) is 1.89. The number of carbonyl (C=O) groups is 2. The molecule has 134 valence electrons. The SMILES string of the molecule is C[C@H](OC(=O)c1ccc(CS(C)(=O)=O)cc1)C(=O)NCc1cccs1. The first-order chi connectivity index (χ1) is 11.7. The van der Waals surface area contributed by atoms with Crippen molar-refractivity contribution in [3.63, 3.8) is 0 Å². The summed E-state index contributed by atoms with van der Waals surface area (Å²) in [4.78, 5) is 25.0. The normalized spacial score (nSPS) is 12.4. The van der Waals surface area contributed by atoms with E-state index in [0.717, 1.165) is 11.1 Å². The third-order valence-electron chi connectivity index (χ3n) is 3.29. The highest BCUT2D eigenvalue weighted by atomic mass is 32.2. The van der Waals surface area contributed by atoms with E-state index in [2.05, 4.69) is 5.32 Å². The second-order valence-corrected chi connectivity index (χ2v) is 8.78. The van der Waals surface area contributed by atoms with Gasteiger partial charge in [-0.05, 0) is 36.1 Å². The monoisotopic (exact) mass is 381 g/mol. The van der Waals surface area contributed by atoms with E-state index in [9.17, 15) is 18.0 Å². The Labute approximate surface area is 150 Å². The highest BCUT2D eigenvalue weighted by Crippen LogP contribution is 2.11. The van der Waals surface area contributed by atoms with Crippen LogP contribution in [-0.2, 0) is 31.7 Å². The van der Waals surface area contributed by atoms with Crippen molar-refractivity contribution in [3.05, 3.63) is 57.8 Å². The van der Waals surface area contributed by atoms with Crippen LogP contribution in [0.15, 0.2) is 41.8 Å². The van der Waals surface area contributed by atoms with Crippen LogP contribution in [0.2, 0.25) is 0 Å². The Hall–Kier alpha value is -2.19. The lowest BCUT2D eigenvalue weighted by Gasteiger charge is -2.13. The van der Waals surface area contributed by atoms with Crippen LogP contribution >= 0.6 is 11.3 Å². The molecule has 0 saturated carbocycles. The number of amides is 1. The number of sulfone groups is 1. The van der Waals surface area contributed by atoms with E-state index < -0.39 is 21.9 Å². The molecule has 1 amide bonds. The van der Waals surface area contributed by atoms with Crippen LogP contribution in [0.3, 0.4) is 0 Å². The summed E-state index contributed by atoms with van der Waals surface area (Å²) < 4.78 is 27.6. The Balaban J connectivity index is 1.88. The van der Waals surface area contributed by atoms with Gasteiger partial charge in [-0.2, -0.15) is 0 Å². The lowest BCUT2D eigenvalue weighted by molar-refractivity contribution is -0.129. The van der Waals surface area contributed by atoms with Crippen molar-refractivity contribution < 1.29 is 22.7 Å². The van der Waals surface area contributed by atoms with Crippen LogP contribution < -0.4 is 5.32 Å². The molecule has 1 aromatic heterocycles. The number of nitrogens with one attached hydrogen (secondary N) is 1. The zero-order valence-electron chi connectivity index (χ0n) is 13.9. The predicted octanol–water partition coefficient (Wildman–Crippen LogP) is 2.15. The summed E-state index contributed by atoms with van der Waals surface area (Å²) in [6.07, 6.45) is 0.217. The number of hydrogen-bond acceptors (Lipinski definition) is 6. The van der Waals surface area contributed by atoms with Crippen molar-refractivity contribution in [3.8, 4) is 0 Å². The van der Waals surface area contributed by atoms with Crippen LogP contribution in [0.5, 0.6) is 0 Å². The van der Waals surface area contributed by atoms with E-state index in [1.807, 2.05) is 17.5 Å². The quantitative estimate of drug-likeness (QED) is 0.743. The number of ether oxygens (including phenoxy) is 1. The molecule has 6 nitrogen and oxygen atoms in total. The summed E-state index contributed by atoms with van der Waals surface area (Å²) in [5, 5.41) is 4.62. The molecule has 0 fully saturated rings. The molecule has 2 aromatic rings. The summed E-state index contributed by atoms with van der Waals surface area (Å²) in [5.41, 5.74) is 0.843. The Kier molecular flexibility index (Phi) is 6.33. The lowest BCUT2D eigenvalue weighted by atomic mass is 10.1. The maximum atomic E-state index is 12.1. The Morgan fingerprint density at radius 3 is 2.44 bits per heavy atom. The second-order valence-electron chi connectivity index (χ2n) is 5.61. The van der Waals surface area contributed by atoms with Gasteiger partial charge in [0, 0.05) is 11.1 Å². The average Bonchev–Trinajstić information content (AvgIpc) is 3.05. The van der Waals surface area contributed by atoms with Gasteiger partial charge in [0.2, 0.25) is 0 Å². The minimum absolute atomic E-state index is 0.0934. The van der Waals surface area contributed by atoms with Gasteiger partial charge in [-0.15, -0.1) is 11.3 Å². The maximum Gasteiger partial charge on any atom is 0.338 e. The van der Waals surface area contributed by atoms with E-state index in [-0.39, 0.29) is 17.2 Å². The summed E-state index contributed by atoms with van der Waals surface area (Å²) in [7, 11) is -3.13. The molecular weight excluding hydrogens is 362 g/mol. The third-order valence-corrected chi connectivity index (χ3v) is 5.02. The largest absolute Gasteiger partial charge is 0.449 e. The molecule has 1 heterocycles. The molecule has 1 N–H and O–H groups in total. The molecule has 0 spiro atoms. The fourth-order valence-corrected chi connectivity index (χ4v) is 3.50. The van der Waals surface area contributed by atoms with Crippen LogP contribution in [0, 0.1) is 0 Å². The van der Waals surface area contributed by atoms with Gasteiger partial charge < -0.3 is 10.1 Å². The van der Waals surface area contributed by atoms with Crippen molar-refractivity contribution in [2.45, 2.75) is 25.3 Å². The van der Waals surface area contributed by atoms with Crippen LogP contribution in [0.1, 0.15) is 27.7 Å². The first-order valence-corrected chi connectivity index (χ1v) is 10.5. The summed E-state index contributed by atoms with van der Waals surface area (Å²) in [6, 6.07) is 9.87. The fraction of sp³-hybridized carbons (Fsp3) is 0.294. The molecule has 0 unspecified atom stereocenters. The molecule has 0 radical (unpaired) electrons. The smallest absolute Gasteiger partial charge is 0.338 e. The molecule has 0 aliphatic carbocycles. The number of hydrogen-bond donors (Lipinski definition) is 1. The van der Waals surface area contributed by atoms with Gasteiger partial charge in [0.25, 0.3) is 5.91 Å². The number of carbonyl (C=O) groups excluding carboxylic acids is 2. The van der Waals surface area contributed by atoms with Crippen molar-refractivity contribution in [2.24, 2.45) is 0 Å². The van der Waals surface area contributed by atoms with E-state index >= 15 is 0 Å². The summed E-state index contributed by atoms with van der Waals surface area (Å²) >= 11 is 1.53. The molecule has 0 saturated heterocycles. The number of esters is 1. The molecule has 2 rings (SSSR count). The van der Waals surface area contributed by atoms with Crippen molar-refractivity contribution in [2.75, 3.05) is 6.26 Å². The number of benzene rings is 1. The Morgan fingerprint density at radius 2 is 1.88 bits per heavy atom. The molecule has 1 atom stereocenters. The van der Waals surface area contributed by atoms with Gasteiger partial charge >= 0.3 is 5.97 Å². The van der Waals surface area contributed by atoms with Crippen LogP contribution in [-0.4, -0.2) is 32.7 Å². The Bertz CT molecular complexity index is 826. The van der Waals surface area contributed by atoms with Gasteiger partial charge in [0.1, 0.15) is 0 Å². The van der Waals surface area contributed by atoms with E-state index in [1.165, 1.54) is 30.4 Å². The molecule has 0 aliphatic heterocycles. The Morgan fingerprint density at radius 1 is 1.20 bits per heavy atom. The second kappa shape index (κ2) is 8.26. The van der Waals surface area contributed by atoms with Crippen molar-refractivity contribution in [1.82, 2.24) is 5.32 Å². The number of thiophene rings is 1. The average molecular weight is 381 g/mol. The highest BCUT2D eigenvalue weighted by molar-refractivity contribution is 7.89. The van der Waals surface area contributed by atoms with E-state index in [4.69, 9.17) is 4.74 Å². The predicted molar refractivity (Wildman–Crippen MR) is 96.0 cm³/mol. The van der Waals surface area contributed by atoms with Crippen LogP contribution in [0.4, 0.5) is 0 Å². The zero-order valence-corrected chi connectivity index (χ0v) is 15.5. The number of rotatable bonds is 7. The van der Waals surface area contributed by atoms with E-state index in [0.29, 0.717) is 12.1 Å². The van der Waals surface area contributed by atoms with E-state index in [1.54, 1.807) is 12.1 Å². The zero-order chi connectivity index (χ0) is 18.4. The van der Waals surface area contributed by atoms with Gasteiger partial charge in [-0.3, -0.25) is 4.79 Å². The minimum Gasteiger partial charge on any atom is -0.449 e. The molecule has 0 aliphatic rings. The molecule has 8 heteroatoms. The van der Waals surface area contributed by atoms with Gasteiger partial charge in [-0.1, -0.05) is 18.2 Å². The molecular formula is C17H19NO5S2. The first-order valence-electron chi connectivity index (χ1n) is 7.52. The van der Waals surface area contributed by atoms with Gasteiger partial charge in [0.15, 0.2) is 15.9 Å². The fourth-order valence-electron chi connectivity index (χ4n) is 2.05. The molecule has 1 aromatic carbocycles. The first kappa shape index (κ1) is 19.1. The van der Waals surface area contributed by atoms with Crippen molar-refractivity contribution >= 4 is 33.1 Å². The molecule has 0 bridgehead atoms. The lowest BCUT2D eigenvalue weighted by Crippen LogP contribution is -2.35. The van der Waals surface area contributed by atoms with Crippen molar-refractivity contribution in [1.29, 1.82) is 0 Å². The maximum absolute atomic E-state index is 12.1. The highest BCUT2D eigenvalue weighted by Gasteiger charge is 2.19. The third kappa shape index (κ3) is 6.32. The van der Waals surface area contributed by atoms with Gasteiger partial charge in [-0.25, -0.2) is 13.2 Å². The standard InChI is InChI=1S/C17H19NO5S2/c1-12(16(19)18-10-15-4-3-9-24-15)23-17(20)14-7-5-13(6-8-14)11-25(2,21)22/h3-9,12H,10-11H2,1-2H3,(H,18,19)/t12-/m0/s1.